The molecule has 180 valence electrons. The van der Waals surface area contributed by atoms with Gasteiger partial charge in [0, 0.05) is 47.7 Å². The van der Waals surface area contributed by atoms with E-state index in [0.717, 1.165) is 36.0 Å². The average Bonchev–Trinajstić information content (AvgIpc) is 3.68. The number of H-pyrrole nitrogens is 1. The predicted molar refractivity (Wildman–Crippen MR) is 123 cm³/mol. The second-order valence-corrected chi connectivity index (χ2v) is 10.1. The topological polar surface area (TPSA) is 103 Å². The average molecular weight is 469 g/mol. The van der Waals surface area contributed by atoms with Gasteiger partial charge in [-0.25, -0.2) is 8.78 Å². The molecule has 34 heavy (non-hydrogen) atoms. The van der Waals surface area contributed by atoms with E-state index in [2.05, 4.69) is 22.1 Å². The van der Waals surface area contributed by atoms with Crippen molar-refractivity contribution in [2.24, 2.45) is 11.8 Å². The van der Waals surface area contributed by atoms with Gasteiger partial charge in [-0.2, -0.15) is 10.5 Å². The summed E-state index contributed by atoms with van der Waals surface area (Å²) in [6.45, 7) is 9.14. The van der Waals surface area contributed by atoms with Crippen molar-refractivity contribution in [3.63, 3.8) is 0 Å². The normalized spacial score (nSPS) is 22.6. The Morgan fingerprint density at radius 3 is 2.24 bits per heavy atom. The van der Waals surface area contributed by atoms with E-state index in [0.29, 0.717) is 36.0 Å². The first kappa shape index (κ1) is 25.4. The molecule has 2 aromatic heterocycles. The Morgan fingerprint density at radius 1 is 1.06 bits per heavy atom. The van der Waals surface area contributed by atoms with Crippen LogP contribution in [0.25, 0.3) is 0 Å². The van der Waals surface area contributed by atoms with Crippen molar-refractivity contribution in [3.8, 4) is 17.9 Å². The van der Waals surface area contributed by atoms with Gasteiger partial charge in [0.05, 0.1) is 24.0 Å². The molecule has 0 aromatic carbocycles. The summed E-state index contributed by atoms with van der Waals surface area (Å²) in [5.74, 6) is 0.335. The number of hydrogen-bond donors (Lipinski definition) is 1. The number of hydrogen-bond acceptors (Lipinski definition) is 5. The highest BCUT2D eigenvalue weighted by Crippen LogP contribution is 2.51. The van der Waals surface area contributed by atoms with E-state index in [4.69, 9.17) is 15.3 Å². The molecule has 2 saturated carbocycles. The fraction of sp³-hybridized carbons (Fsp3) is 0.538. The first-order chi connectivity index (χ1) is 16.0. The first-order valence-corrected chi connectivity index (χ1v) is 11.4. The Hall–Kier alpha value is -3.26. The van der Waals surface area contributed by atoms with E-state index in [-0.39, 0.29) is 11.8 Å². The highest BCUT2D eigenvalue weighted by Gasteiger charge is 2.41. The lowest BCUT2D eigenvalue weighted by molar-refractivity contribution is 0.122. The minimum atomic E-state index is -0.742. The zero-order valence-corrected chi connectivity index (χ0v) is 20.2. The Kier molecular flexibility index (Phi) is 7.41. The lowest BCUT2D eigenvalue weighted by atomic mass is 10.1. The third-order valence-electron chi connectivity index (χ3n) is 6.26. The fourth-order valence-corrected chi connectivity index (χ4v) is 4.25. The van der Waals surface area contributed by atoms with Crippen LogP contribution in [-0.4, -0.2) is 15.6 Å². The van der Waals surface area contributed by atoms with Crippen LogP contribution >= 0.6 is 0 Å². The van der Waals surface area contributed by atoms with Crippen LogP contribution in [0.5, 0.6) is 5.75 Å². The van der Waals surface area contributed by atoms with E-state index in [1.807, 2.05) is 27.7 Å². The highest BCUT2D eigenvalue weighted by atomic mass is 19.1. The summed E-state index contributed by atoms with van der Waals surface area (Å²) in [7, 11) is 0. The minimum absolute atomic E-state index is 0.234. The molecule has 0 saturated heterocycles. The Labute approximate surface area is 198 Å². The van der Waals surface area contributed by atoms with E-state index in [9.17, 15) is 13.6 Å². The third-order valence-corrected chi connectivity index (χ3v) is 6.26. The van der Waals surface area contributed by atoms with Crippen molar-refractivity contribution in [3.05, 3.63) is 56.8 Å². The second kappa shape index (κ2) is 9.93. The fourth-order valence-electron chi connectivity index (χ4n) is 4.25. The van der Waals surface area contributed by atoms with Gasteiger partial charge in [-0.1, -0.05) is 0 Å². The summed E-state index contributed by atoms with van der Waals surface area (Å²) in [4.78, 5) is 18.3. The number of rotatable bonds is 5. The number of aromatic nitrogens is 2. The maximum atomic E-state index is 13.8. The largest absolute Gasteiger partial charge is 0.485 e. The van der Waals surface area contributed by atoms with Crippen LogP contribution in [0.15, 0.2) is 17.2 Å². The van der Waals surface area contributed by atoms with Crippen LogP contribution in [0.1, 0.15) is 80.8 Å². The third kappa shape index (κ3) is 5.80. The molecule has 0 spiro atoms. The van der Waals surface area contributed by atoms with E-state index >= 15 is 0 Å². The number of nitriles is 2. The van der Waals surface area contributed by atoms with Crippen LogP contribution in [0.2, 0.25) is 0 Å². The van der Waals surface area contributed by atoms with Gasteiger partial charge in [-0.05, 0) is 59.3 Å². The van der Waals surface area contributed by atoms with Crippen LogP contribution in [0, 0.1) is 60.0 Å². The Bertz CT molecular complexity index is 1200. The van der Waals surface area contributed by atoms with Crippen molar-refractivity contribution in [1.82, 2.24) is 9.97 Å². The van der Waals surface area contributed by atoms with Crippen molar-refractivity contribution in [1.29, 1.82) is 10.5 Å². The predicted octanol–water partition coefficient (Wildman–Crippen LogP) is 5.56. The molecule has 0 radical (unpaired) electrons. The number of aromatic amines is 1. The molecule has 0 aliphatic heterocycles. The molecule has 2 fully saturated rings. The quantitative estimate of drug-likeness (QED) is 0.619. The molecule has 2 aromatic rings. The molecule has 6 nitrogen and oxygen atoms in total. The first-order valence-electron chi connectivity index (χ1n) is 11.4. The van der Waals surface area contributed by atoms with Crippen LogP contribution in [0.3, 0.4) is 0 Å². The summed E-state index contributed by atoms with van der Waals surface area (Å²) in [6, 6.07) is 4.29. The van der Waals surface area contributed by atoms with Gasteiger partial charge in [0.15, 0.2) is 17.4 Å². The van der Waals surface area contributed by atoms with Crippen molar-refractivity contribution < 1.29 is 13.5 Å². The smallest absolute Gasteiger partial charge is 0.220 e. The molecule has 0 amide bonds. The number of ether oxygens (including phenoxy) is 1. The van der Waals surface area contributed by atoms with E-state index < -0.39 is 22.7 Å². The zero-order chi connectivity index (χ0) is 25.2. The lowest BCUT2D eigenvalue weighted by Gasteiger charge is -2.23. The maximum absolute atomic E-state index is 13.8. The molecular weight excluding hydrogens is 438 g/mol. The van der Waals surface area contributed by atoms with E-state index in [1.165, 1.54) is 6.20 Å². The molecule has 4 atom stereocenters. The van der Waals surface area contributed by atoms with Crippen molar-refractivity contribution in [2.75, 3.05) is 0 Å². The molecule has 0 bridgehead atoms. The highest BCUT2D eigenvalue weighted by molar-refractivity contribution is 5.40. The summed E-state index contributed by atoms with van der Waals surface area (Å²) >= 11 is 0. The monoisotopic (exact) mass is 468 g/mol. The van der Waals surface area contributed by atoms with Gasteiger partial charge >= 0.3 is 0 Å². The van der Waals surface area contributed by atoms with Gasteiger partial charge in [0.1, 0.15) is 5.60 Å². The van der Waals surface area contributed by atoms with Crippen LogP contribution < -0.4 is 10.2 Å². The molecule has 4 unspecified atom stereocenters. The maximum Gasteiger partial charge on any atom is 0.220 e. The molecular formula is C26H30F2N4O2. The van der Waals surface area contributed by atoms with E-state index in [1.54, 1.807) is 6.92 Å². The molecule has 2 heterocycles. The molecule has 2 aliphatic rings. The van der Waals surface area contributed by atoms with Crippen LogP contribution in [-0.2, 0) is 0 Å². The van der Waals surface area contributed by atoms with Crippen molar-refractivity contribution >= 4 is 0 Å². The van der Waals surface area contributed by atoms with Gasteiger partial charge in [0.25, 0.3) is 0 Å². The summed E-state index contributed by atoms with van der Waals surface area (Å²) in [5.41, 5.74) is 1.90. The summed E-state index contributed by atoms with van der Waals surface area (Å²) in [5, 5.41) is 17.2. The number of nitrogens with one attached hydrogen (secondary N) is 1. The second-order valence-electron chi connectivity index (χ2n) is 10.1. The van der Waals surface area contributed by atoms with Crippen molar-refractivity contribution in [2.45, 2.75) is 77.7 Å². The standard InChI is InChI=1S/C15H19FN2O.C11H11FN2O/c1-9-13(11-7-10(11)5-6-17)18-8-12(16)14(9)19-15(2,3)4;1-6-10(8-4-7(8)2-3-13)14-5-9(12)11(6)15/h8,10-11H,5,7H2,1-4H3;5,7-8H,2,4H2,1H3,(H,14,15). The molecule has 2 aliphatic carbocycles. The molecule has 1 N–H and O–H groups in total. The number of nitrogens with zero attached hydrogens (tertiary/aromatic N) is 3. The number of pyridine rings is 2. The van der Waals surface area contributed by atoms with Gasteiger partial charge < -0.3 is 9.72 Å². The Balaban J connectivity index is 0.000000196. The summed E-state index contributed by atoms with van der Waals surface area (Å²) in [6.07, 6.45) is 5.25. The van der Waals surface area contributed by atoms with Gasteiger partial charge in [-0.3, -0.25) is 9.78 Å². The van der Waals surface area contributed by atoms with Gasteiger partial charge in [0.2, 0.25) is 5.43 Å². The SMILES string of the molecule is Cc1c(C2CC2CC#N)[nH]cc(F)c1=O.Cc1c(C2CC2CC#N)ncc(F)c1OC(C)(C)C. The lowest BCUT2D eigenvalue weighted by Crippen LogP contribution is -2.24. The molecule has 4 rings (SSSR count). The molecule has 8 heteroatoms. The summed E-state index contributed by atoms with van der Waals surface area (Å²) < 4.78 is 32.4. The van der Waals surface area contributed by atoms with Crippen LogP contribution in [0.4, 0.5) is 8.78 Å². The Morgan fingerprint density at radius 2 is 1.65 bits per heavy atom. The van der Waals surface area contributed by atoms with Gasteiger partial charge in [-0.15, -0.1) is 0 Å². The zero-order valence-electron chi connectivity index (χ0n) is 20.2. The number of halogens is 2. The minimum Gasteiger partial charge on any atom is -0.485 e.